The molecule has 72 valence electrons. The SMILES string of the molecule is [O]=[Al][OH].[O]=[Al][OH].[O]=[Al][OH].[O]=[Al][OH].[SiH4]. The molecule has 0 aromatic carbocycles. The Morgan fingerprint density at radius 2 is 0.538 bits per heavy atom. The molecule has 13 heavy (non-hydrogen) atoms. The third kappa shape index (κ3) is 2640. The third-order valence-corrected chi connectivity index (χ3v) is 0. The van der Waals surface area contributed by atoms with Gasteiger partial charge in [0.1, 0.15) is 0 Å². The molecule has 8 nitrogen and oxygen atoms in total. The van der Waals surface area contributed by atoms with E-state index in [-0.39, 0.29) is 11.0 Å². The Labute approximate surface area is 104 Å². The van der Waals surface area contributed by atoms with Crippen LogP contribution in [0.25, 0.3) is 0 Å². The average Bonchev–Trinajstić information content (AvgIpc) is 1.92. The van der Waals surface area contributed by atoms with E-state index in [2.05, 4.69) is 0 Å². The van der Waals surface area contributed by atoms with Crippen LogP contribution in [0.1, 0.15) is 0 Å². The minimum absolute atomic E-state index is 0. The number of hydrogen-bond acceptors (Lipinski definition) is 4. The zero-order valence-corrected chi connectivity index (χ0v) is 10.4. The molecule has 0 aromatic rings. The topological polar surface area (TPSA) is 149 Å². The van der Waals surface area contributed by atoms with Crippen LogP contribution in [0.3, 0.4) is 0 Å². The van der Waals surface area contributed by atoms with Crippen molar-refractivity contribution in [2.75, 3.05) is 0 Å². The monoisotopic (exact) mass is 272 g/mol. The van der Waals surface area contributed by atoms with Crippen LogP contribution in [0.4, 0.5) is 0 Å². The number of rotatable bonds is 0. The van der Waals surface area contributed by atoms with Gasteiger partial charge in [-0.05, 0) is 11.0 Å². The summed E-state index contributed by atoms with van der Waals surface area (Å²) in [5.41, 5.74) is 0. The smallest absolute Gasteiger partial charge is 0.0149 e. The fourth-order valence-electron chi connectivity index (χ4n) is 0. The van der Waals surface area contributed by atoms with Crippen LogP contribution in [0.15, 0.2) is 0 Å². The van der Waals surface area contributed by atoms with Crippen molar-refractivity contribution in [1.82, 2.24) is 0 Å². The number of hydrogen-bond donors (Lipinski definition) is 4. The maximum absolute atomic E-state index is 8.57. The Morgan fingerprint density at radius 3 is 0.538 bits per heavy atom. The van der Waals surface area contributed by atoms with Crippen molar-refractivity contribution in [3.8, 4) is 0 Å². The van der Waals surface area contributed by atoms with Crippen LogP contribution in [-0.4, -0.2) is 89.5 Å². The normalized spacial score (nSPS) is 2.46. The Kier molecular flexibility index (Phi) is 175. The van der Waals surface area contributed by atoms with Crippen molar-refractivity contribution in [3.05, 3.63) is 0 Å². The van der Waals surface area contributed by atoms with Gasteiger partial charge in [-0.2, -0.15) is 0 Å². The molecule has 0 radical (unpaired) electrons. The van der Waals surface area contributed by atoms with Crippen LogP contribution in [-0.2, 0) is 15.2 Å². The van der Waals surface area contributed by atoms with Gasteiger partial charge < -0.3 is 0 Å². The van der Waals surface area contributed by atoms with Crippen LogP contribution in [0.5, 0.6) is 0 Å². The van der Waals surface area contributed by atoms with Crippen molar-refractivity contribution in [2.45, 2.75) is 0 Å². The molecule has 0 bridgehead atoms. The molecular formula is H8Al4O8Si. The van der Waals surface area contributed by atoms with Gasteiger partial charge in [-0.1, -0.05) is 0 Å². The van der Waals surface area contributed by atoms with Crippen LogP contribution in [0.2, 0.25) is 0 Å². The van der Waals surface area contributed by atoms with Crippen LogP contribution in [0, 0.1) is 0 Å². The molecule has 4 N–H and O–H groups in total. The predicted molar refractivity (Wildman–Crippen MR) is 46.0 cm³/mol. The molecule has 0 amide bonds. The molecule has 0 saturated carbocycles. The molecule has 0 spiro atoms. The fraction of sp³-hybridized carbons (Fsp3) is 0. The van der Waals surface area contributed by atoms with E-state index >= 15 is 0 Å². The third-order valence-electron chi connectivity index (χ3n) is 0. The van der Waals surface area contributed by atoms with Gasteiger partial charge in [0.15, 0.2) is 0 Å². The van der Waals surface area contributed by atoms with Gasteiger partial charge in [-0.25, -0.2) is 0 Å². The van der Waals surface area contributed by atoms with Gasteiger partial charge in [0.25, 0.3) is 0 Å². The molecule has 0 atom stereocenters. The predicted octanol–water partition coefficient (Wildman–Crippen LogP) is -5.68. The molecule has 0 aliphatic rings. The first-order chi connectivity index (χ1) is 5.66. The van der Waals surface area contributed by atoms with E-state index in [0.29, 0.717) is 0 Å². The first-order valence-electron chi connectivity index (χ1n) is 1.98. The van der Waals surface area contributed by atoms with Crippen molar-refractivity contribution in [2.24, 2.45) is 0 Å². The van der Waals surface area contributed by atoms with E-state index in [1.807, 2.05) is 0 Å². The van der Waals surface area contributed by atoms with Crippen molar-refractivity contribution in [3.63, 3.8) is 0 Å². The molecule has 13 heteroatoms. The summed E-state index contributed by atoms with van der Waals surface area (Å²) in [4.78, 5) is 0. The molecule has 0 aliphatic carbocycles. The van der Waals surface area contributed by atoms with E-state index in [4.69, 9.17) is 31.8 Å². The Bertz CT molecular complexity index is 70.1. The van der Waals surface area contributed by atoms with E-state index in [1.165, 1.54) is 0 Å². The van der Waals surface area contributed by atoms with Gasteiger partial charge in [-0.3, -0.25) is 0 Å². The van der Waals surface area contributed by atoms with Gasteiger partial charge >= 0.3 is 93.8 Å². The summed E-state index contributed by atoms with van der Waals surface area (Å²) in [6, 6.07) is 0. The van der Waals surface area contributed by atoms with Gasteiger partial charge in [0, 0.05) is 0 Å². The van der Waals surface area contributed by atoms with E-state index < -0.39 is 61.9 Å². The second-order valence-electron chi connectivity index (χ2n) is 0.422. The molecule has 0 aromatic heterocycles. The van der Waals surface area contributed by atoms with Gasteiger partial charge in [0.2, 0.25) is 0 Å². The average molecular weight is 272 g/mol. The zero-order chi connectivity index (χ0) is 10.8. The molecule has 0 aliphatic heterocycles. The first kappa shape index (κ1) is 29.2. The van der Waals surface area contributed by atoms with Crippen molar-refractivity contribution in [1.29, 1.82) is 0 Å². The van der Waals surface area contributed by atoms with Gasteiger partial charge in [0.05, 0.1) is 0 Å². The molecule has 0 heterocycles. The van der Waals surface area contributed by atoms with Crippen molar-refractivity contribution >= 4 is 72.9 Å². The van der Waals surface area contributed by atoms with E-state index in [1.54, 1.807) is 0 Å². The maximum Gasteiger partial charge on any atom is -0.0149 e. The van der Waals surface area contributed by atoms with E-state index in [0.717, 1.165) is 0 Å². The summed E-state index contributed by atoms with van der Waals surface area (Å²) in [5, 5.41) is 0. The first-order valence-corrected chi connectivity index (χ1v) is 5.93. The summed E-state index contributed by atoms with van der Waals surface area (Å²) >= 11 is -6.00. The second kappa shape index (κ2) is 78.1. The van der Waals surface area contributed by atoms with Gasteiger partial charge in [-0.15, -0.1) is 0 Å². The van der Waals surface area contributed by atoms with E-state index in [9.17, 15) is 0 Å². The molecule has 0 unspecified atom stereocenters. The zero-order valence-electron chi connectivity index (χ0n) is 5.73. The minimum atomic E-state index is -1.50. The summed E-state index contributed by atoms with van der Waals surface area (Å²) in [7, 11) is 0. The molecule has 0 rings (SSSR count). The van der Waals surface area contributed by atoms with Crippen LogP contribution >= 0.6 is 0 Å². The molecule has 0 fully saturated rings. The maximum atomic E-state index is 8.57. The second-order valence-corrected chi connectivity index (χ2v) is 1.26. The molecule has 0 saturated heterocycles. The fourth-order valence-corrected chi connectivity index (χ4v) is 0. The quantitative estimate of drug-likeness (QED) is 0.319. The van der Waals surface area contributed by atoms with Crippen LogP contribution < -0.4 is 0 Å². The summed E-state index contributed by atoms with van der Waals surface area (Å²) in [5.74, 6) is 0. The largest absolute Gasteiger partial charge is 0.0149 e. The van der Waals surface area contributed by atoms with Crippen molar-refractivity contribution < 1.29 is 31.8 Å². The Morgan fingerprint density at radius 1 is 0.538 bits per heavy atom. The minimum Gasteiger partial charge on any atom is -0.0149 e. The molecular weight excluding hydrogens is 264 g/mol. The summed E-state index contributed by atoms with van der Waals surface area (Å²) in [6.07, 6.45) is 0. The summed E-state index contributed by atoms with van der Waals surface area (Å²) < 4.78 is 62.7. The Hall–Kier alpha value is 0.747. The standard InChI is InChI=1S/4Al.4H2O.4O.H4Si/h;;;;4*1H2;;;;;1H4/q4*+1;;;;;;;;;/p-4. The summed E-state index contributed by atoms with van der Waals surface area (Å²) in [6.45, 7) is 0. The Balaban J connectivity index is -0.0000000213.